The van der Waals surface area contributed by atoms with Crippen molar-refractivity contribution in [2.24, 2.45) is 0 Å². The largest absolute Gasteiger partial charge is 0.384 e. The Labute approximate surface area is 71.6 Å². The Balaban J connectivity index is 2.52. The number of aliphatic hydroxyl groups is 1. The molecule has 1 N–H and O–H groups in total. The van der Waals surface area contributed by atoms with Gasteiger partial charge in [0.05, 0.1) is 0 Å². The zero-order valence-electron chi connectivity index (χ0n) is 7.45. The fourth-order valence-electron chi connectivity index (χ4n) is 0.874. The summed E-state index contributed by atoms with van der Waals surface area (Å²) in [6.07, 6.45) is 2.33. The zero-order chi connectivity index (χ0) is 8.97. The molecule has 68 valence electrons. The van der Waals surface area contributed by atoms with E-state index in [-0.39, 0.29) is 0 Å². The topological polar surface area (TPSA) is 59.2 Å². The summed E-state index contributed by atoms with van der Waals surface area (Å²) in [6.45, 7) is 3.72. The fourth-order valence-corrected chi connectivity index (χ4v) is 0.874. The van der Waals surface area contributed by atoms with Gasteiger partial charge in [-0.1, -0.05) is 18.5 Å². The lowest BCUT2D eigenvalue weighted by Gasteiger charge is -1.92. The Hall–Kier alpha value is -0.900. The van der Waals surface area contributed by atoms with Crippen LogP contribution in [0.1, 0.15) is 44.5 Å². The predicted molar refractivity (Wildman–Crippen MR) is 43.5 cm³/mol. The van der Waals surface area contributed by atoms with Crippen molar-refractivity contribution in [2.45, 2.75) is 39.2 Å². The lowest BCUT2D eigenvalue weighted by Crippen LogP contribution is -1.92. The number of aliphatic hydroxyl groups excluding tert-OH is 1. The van der Waals surface area contributed by atoms with Gasteiger partial charge in [-0.15, -0.1) is 0 Å². The molecule has 0 saturated heterocycles. The van der Waals surface area contributed by atoms with Gasteiger partial charge in [0.25, 0.3) is 5.89 Å². The van der Waals surface area contributed by atoms with E-state index in [0.29, 0.717) is 11.7 Å². The molecular formula is C8H14N2O2. The Morgan fingerprint density at radius 1 is 1.58 bits per heavy atom. The first kappa shape index (κ1) is 9.19. The smallest absolute Gasteiger partial charge is 0.255 e. The van der Waals surface area contributed by atoms with Gasteiger partial charge in [-0.3, -0.25) is 0 Å². The molecule has 0 aromatic carbocycles. The molecule has 0 amide bonds. The number of unbranched alkanes of at least 4 members (excludes halogenated alkanes) is 1. The number of nitrogens with zero attached hydrogens (tertiary/aromatic N) is 2. The molecular weight excluding hydrogens is 156 g/mol. The highest BCUT2D eigenvalue weighted by Crippen LogP contribution is 2.09. The zero-order valence-corrected chi connectivity index (χ0v) is 7.45. The van der Waals surface area contributed by atoms with Crippen molar-refractivity contribution >= 4 is 0 Å². The molecule has 0 aliphatic carbocycles. The van der Waals surface area contributed by atoms with Gasteiger partial charge in [0.2, 0.25) is 0 Å². The molecule has 0 radical (unpaired) electrons. The van der Waals surface area contributed by atoms with Gasteiger partial charge in [-0.25, -0.2) is 0 Å². The van der Waals surface area contributed by atoms with Gasteiger partial charge in [-0.05, 0) is 13.3 Å². The van der Waals surface area contributed by atoms with E-state index in [4.69, 9.17) is 9.63 Å². The minimum absolute atomic E-state index is 0.307. The maximum atomic E-state index is 9.07. The van der Waals surface area contributed by atoms with Crippen LogP contribution in [-0.4, -0.2) is 15.2 Å². The molecule has 4 nitrogen and oxygen atoms in total. The molecule has 1 unspecified atom stereocenters. The van der Waals surface area contributed by atoms with Gasteiger partial charge in [-0.2, -0.15) is 4.98 Å². The Bertz CT molecular complexity index is 233. The number of aromatic nitrogens is 2. The van der Waals surface area contributed by atoms with Gasteiger partial charge < -0.3 is 9.63 Å². The van der Waals surface area contributed by atoms with E-state index in [0.717, 1.165) is 19.3 Å². The minimum atomic E-state index is -0.659. The van der Waals surface area contributed by atoms with Crippen LogP contribution in [0.2, 0.25) is 0 Å². The van der Waals surface area contributed by atoms with Crippen LogP contribution in [0, 0.1) is 0 Å². The summed E-state index contributed by atoms with van der Waals surface area (Å²) in [5.41, 5.74) is 0. The first-order valence-corrected chi connectivity index (χ1v) is 4.24. The maximum absolute atomic E-state index is 9.07. The second-order valence-electron chi connectivity index (χ2n) is 2.83. The van der Waals surface area contributed by atoms with Crippen molar-refractivity contribution in [3.8, 4) is 0 Å². The average molecular weight is 170 g/mol. The standard InChI is InChI=1S/C8H14N2O2/c1-3-4-5-7-9-8(6(2)11)12-10-7/h6,11H,3-5H2,1-2H3. The highest BCUT2D eigenvalue weighted by molar-refractivity contribution is 4.88. The number of rotatable bonds is 4. The Morgan fingerprint density at radius 3 is 2.83 bits per heavy atom. The van der Waals surface area contributed by atoms with Crippen molar-refractivity contribution in [1.29, 1.82) is 0 Å². The number of aryl methyl sites for hydroxylation is 1. The fraction of sp³-hybridized carbons (Fsp3) is 0.750. The Kier molecular flexibility index (Phi) is 3.22. The molecule has 1 rings (SSSR count). The molecule has 1 aromatic rings. The van der Waals surface area contributed by atoms with Crippen LogP contribution in [0.15, 0.2) is 4.52 Å². The lowest BCUT2D eigenvalue weighted by atomic mass is 10.2. The third kappa shape index (κ3) is 2.30. The van der Waals surface area contributed by atoms with Gasteiger partial charge >= 0.3 is 0 Å². The highest BCUT2D eigenvalue weighted by Gasteiger charge is 2.09. The molecule has 0 bridgehead atoms. The van der Waals surface area contributed by atoms with E-state index < -0.39 is 6.10 Å². The molecule has 1 aromatic heterocycles. The van der Waals surface area contributed by atoms with Crippen molar-refractivity contribution < 1.29 is 9.63 Å². The van der Waals surface area contributed by atoms with Crippen LogP contribution in [-0.2, 0) is 6.42 Å². The molecule has 1 heterocycles. The van der Waals surface area contributed by atoms with Crippen LogP contribution in [0.25, 0.3) is 0 Å². The second kappa shape index (κ2) is 4.21. The summed E-state index contributed by atoms with van der Waals surface area (Å²) in [5, 5.41) is 12.8. The van der Waals surface area contributed by atoms with Crippen molar-refractivity contribution in [3.05, 3.63) is 11.7 Å². The van der Waals surface area contributed by atoms with Gasteiger partial charge in [0.1, 0.15) is 6.10 Å². The summed E-state index contributed by atoms with van der Waals surface area (Å²) in [7, 11) is 0. The second-order valence-corrected chi connectivity index (χ2v) is 2.83. The third-order valence-corrected chi connectivity index (χ3v) is 1.60. The van der Waals surface area contributed by atoms with Crippen molar-refractivity contribution in [1.82, 2.24) is 10.1 Å². The summed E-state index contributed by atoms with van der Waals surface area (Å²) >= 11 is 0. The molecule has 12 heavy (non-hydrogen) atoms. The SMILES string of the molecule is CCCCc1noc(C(C)O)n1. The first-order chi connectivity index (χ1) is 5.74. The van der Waals surface area contributed by atoms with Crippen LogP contribution >= 0.6 is 0 Å². The molecule has 4 heteroatoms. The van der Waals surface area contributed by atoms with E-state index >= 15 is 0 Å². The number of hydrogen-bond donors (Lipinski definition) is 1. The van der Waals surface area contributed by atoms with E-state index in [1.807, 2.05) is 0 Å². The van der Waals surface area contributed by atoms with Crippen molar-refractivity contribution in [3.63, 3.8) is 0 Å². The van der Waals surface area contributed by atoms with Crippen LogP contribution in [0.5, 0.6) is 0 Å². The highest BCUT2D eigenvalue weighted by atomic mass is 16.5. The Morgan fingerprint density at radius 2 is 2.33 bits per heavy atom. The van der Waals surface area contributed by atoms with Crippen molar-refractivity contribution in [2.75, 3.05) is 0 Å². The van der Waals surface area contributed by atoms with Crippen LogP contribution < -0.4 is 0 Å². The minimum Gasteiger partial charge on any atom is -0.384 e. The summed E-state index contributed by atoms with van der Waals surface area (Å²) in [4.78, 5) is 4.02. The lowest BCUT2D eigenvalue weighted by molar-refractivity contribution is 0.151. The third-order valence-electron chi connectivity index (χ3n) is 1.60. The summed E-state index contributed by atoms with van der Waals surface area (Å²) in [6, 6.07) is 0. The monoisotopic (exact) mass is 170 g/mol. The molecule has 0 fully saturated rings. The molecule has 0 saturated carbocycles. The molecule has 1 atom stereocenters. The van der Waals surface area contributed by atoms with E-state index in [1.54, 1.807) is 6.92 Å². The molecule has 0 aliphatic rings. The first-order valence-electron chi connectivity index (χ1n) is 4.24. The normalized spacial score (nSPS) is 13.2. The molecule has 0 aliphatic heterocycles. The predicted octanol–water partition coefficient (Wildman–Crippen LogP) is 1.47. The summed E-state index contributed by atoms with van der Waals surface area (Å²) < 4.78 is 4.81. The van der Waals surface area contributed by atoms with E-state index in [9.17, 15) is 0 Å². The summed E-state index contributed by atoms with van der Waals surface area (Å²) in [5.74, 6) is 0.994. The van der Waals surface area contributed by atoms with Crippen LogP contribution in [0.3, 0.4) is 0 Å². The van der Waals surface area contributed by atoms with Crippen LogP contribution in [0.4, 0.5) is 0 Å². The average Bonchev–Trinajstić information content (AvgIpc) is 2.48. The van der Waals surface area contributed by atoms with E-state index in [2.05, 4.69) is 17.1 Å². The number of hydrogen-bond acceptors (Lipinski definition) is 4. The maximum Gasteiger partial charge on any atom is 0.255 e. The van der Waals surface area contributed by atoms with E-state index in [1.165, 1.54) is 0 Å². The quantitative estimate of drug-likeness (QED) is 0.743. The van der Waals surface area contributed by atoms with Gasteiger partial charge in [0, 0.05) is 6.42 Å². The molecule has 0 spiro atoms. The van der Waals surface area contributed by atoms with Gasteiger partial charge in [0.15, 0.2) is 5.82 Å².